The van der Waals surface area contributed by atoms with Crippen LogP contribution in [0.5, 0.6) is 0 Å². The highest BCUT2D eigenvalue weighted by Crippen LogP contribution is 2.22. The van der Waals surface area contributed by atoms with Gasteiger partial charge in [0.25, 0.3) is 0 Å². The Labute approximate surface area is 149 Å². The average molecular weight is 399 g/mol. The number of nitrogens with zero attached hydrogens (tertiary/aromatic N) is 5. The van der Waals surface area contributed by atoms with Gasteiger partial charge in [-0.2, -0.15) is 0 Å². The molecule has 1 N–H and O–H groups in total. The maximum atomic E-state index is 4.71. The number of aliphatic imine (C=N–C) groups is 1. The number of hydrogen-bond donors (Lipinski definition) is 1. The zero-order valence-electron chi connectivity index (χ0n) is 13.8. The van der Waals surface area contributed by atoms with Crippen LogP contribution in [0.2, 0.25) is 0 Å². The molecular formula is C15H23BrN6S. The molecule has 0 atom stereocenters. The number of thiophene rings is 1. The van der Waals surface area contributed by atoms with Gasteiger partial charge in [0.2, 0.25) is 0 Å². The van der Waals surface area contributed by atoms with Crippen LogP contribution in [0.15, 0.2) is 27.2 Å². The lowest BCUT2D eigenvalue weighted by atomic mass is 10.4. The van der Waals surface area contributed by atoms with Gasteiger partial charge in [0.15, 0.2) is 5.96 Å². The predicted octanol–water partition coefficient (Wildman–Crippen LogP) is 2.76. The molecule has 23 heavy (non-hydrogen) atoms. The lowest BCUT2D eigenvalue weighted by Crippen LogP contribution is -2.38. The number of aryl methyl sites for hydroxylation is 1. The summed E-state index contributed by atoms with van der Waals surface area (Å²) in [5.41, 5.74) is 0. The zero-order chi connectivity index (χ0) is 16.7. The summed E-state index contributed by atoms with van der Waals surface area (Å²) >= 11 is 5.26. The average Bonchev–Trinajstić information content (AvgIpc) is 3.15. The van der Waals surface area contributed by atoms with Crippen molar-refractivity contribution >= 4 is 33.2 Å². The van der Waals surface area contributed by atoms with E-state index >= 15 is 0 Å². The van der Waals surface area contributed by atoms with E-state index in [9.17, 15) is 0 Å². The number of aromatic nitrogens is 3. The third-order valence-electron chi connectivity index (χ3n) is 3.33. The fourth-order valence-electron chi connectivity index (χ4n) is 2.22. The van der Waals surface area contributed by atoms with Crippen molar-refractivity contribution in [3.63, 3.8) is 0 Å². The Morgan fingerprint density at radius 2 is 2.26 bits per heavy atom. The van der Waals surface area contributed by atoms with Crippen molar-refractivity contribution in [2.24, 2.45) is 4.99 Å². The summed E-state index contributed by atoms with van der Waals surface area (Å²) in [6.07, 6.45) is 2.66. The van der Waals surface area contributed by atoms with Crippen LogP contribution in [-0.2, 0) is 19.5 Å². The van der Waals surface area contributed by atoms with Crippen LogP contribution in [0.4, 0.5) is 0 Å². The van der Waals surface area contributed by atoms with Gasteiger partial charge in [0, 0.05) is 31.4 Å². The SMILES string of the molecule is CCNC(=NCCn1cnnc1CC)N(C)Cc1ccc(Br)s1. The summed E-state index contributed by atoms with van der Waals surface area (Å²) in [5.74, 6) is 1.92. The normalized spacial score (nSPS) is 11.7. The molecule has 0 aromatic carbocycles. The molecule has 126 valence electrons. The fourth-order valence-corrected chi connectivity index (χ4v) is 3.75. The van der Waals surface area contributed by atoms with Crippen LogP contribution in [0, 0.1) is 0 Å². The zero-order valence-corrected chi connectivity index (χ0v) is 16.2. The highest BCUT2D eigenvalue weighted by atomic mass is 79.9. The van der Waals surface area contributed by atoms with Gasteiger partial charge in [-0.15, -0.1) is 21.5 Å². The van der Waals surface area contributed by atoms with Gasteiger partial charge in [0.05, 0.1) is 16.9 Å². The molecule has 6 nitrogen and oxygen atoms in total. The molecule has 0 radical (unpaired) electrons. The van der Waals surface area contributed by atoms with E-state index in [-0.39, 0.29) is 0 Å². The summed E-state index contributed by atoms with van der Waals surface area (Å²) in [4.78, 5) is 8.16. The van der Waals surface area contributed by atoms with Crippen LogP contribution in [0.25, 0.3) is 0 Å². The van der Waals surface area contributed by atoms with Gasteiger partial charge < -0.3 is 14.8 Å². The molecule has 2 aromatic heterocycles. The highest BCUT2D eigenvalue weighted by Gasteiger charge is 2.08. The molecule has 0 saturated carbocycles. The van der Waals surface area contributed by atoms with E-state index in [1.807, 2.05) is 0 Å². The summed E-state index contributed by atoms with van der Waals surface area (Å²) in [7, 11) is 2.06. The Morgan fingerprint density at radius 3 is 2.91 bits per heavy atom. The van der Waals surface area contributed by atoms with Gasteiger partial charge in [-0.25, -0.2) is 0 Å². The van der Waals surface area contributed by atoms with Crippen molar-refractivity contribution in [3.8, 4) is 0 Å². The second-order valence-corrected chi connectivity index (χ2v) is 7.64. The molecule has 0 aliphatic rings. The molecular weight excluding hydrogens is 376 g/mol. The molecule has 0 fully saturated rings. The number of guanidine groups is 1. The number of nitrogens with one attached hydrogen (secondary N) is 1. The minimum atomic E-state index is 0.700. The molecule has 2 rings (SSSR count). The molecule has 0 aliphatic carbocycles. The number of hydrogen-bond acceptors (Lipinski definition) is 4. The van der Waals surface area contributed by atoms with Gasteiger partial charge in [-0.05, 0) is 35.0 Å². The third-order valence-corrected chi connectivity index (χ3v) is 4.94. The van der Waals surface area contributed by atoms with E-state index in [1.54, 1.807) is 17.7 Å². The quantitative estimate of drug-likeness (QED) is 0.575. The minimum Gasteiger partial charge on any atom is -0.357 e. The van der Waals surface area contributed by atoms with E-state index in [0.29, 0.717) is 6.54 Å². The van der Waals surface area contributed by atoms with Gasteiger partial charge in [-0.3, -0.25) is 4.99 Å². The van der Waals surface area contributed by atoms with Crippen LogP contribution in [0.1, 0.15) is 24.5 Å². The van der Waals surface area contributed by atoms with E-state index < -0.39 is 0 Å². The van der Waals surface area contributed by atoms with E-state index in [1.165, 1.54) is 4.88 Å². The van der Waals surface area contributed by atoms with Crippen LogP contribution in [0.3, 0.4) is 0 Å². The third kappa shape index (κ3) is 5.31. The molecule has 0 amide bonds. The number of rotatable bonds is 7. The summed E-state index contributed by atoms with van der Waals surface area (Å²) in [5, 5.41) is 11.4. The molecule has 0 bridgehead atoms. The van der Waals surface area contributed by atoms with Gasteiger partial charge in [0.1, 0.15) is 12.2 Å². The monoisotopic (exact) mass is 398 g/mol. The Hall–Kier alpha value is -1.41. The highest BCUT2D eigenvalue weighted by molar-refractivity contribution is 9.11. The first-order chi connectivity index (χ1) is 11.1. The van der Waals surface area contributed by atoms with E-state index in [0.717, 1.165) is 41.6 Å². The second-order valence-electron chi connectivity index (χ2n) is 5.09. The fraction of sp³-hybridized carbons (Fsp3) is 0.533. The van der Waals surface area contributed by atoms with Crippen LogP contribution >= 0.6 is 27.3 Å². The molecule has 0 unspecified atom stereocenters. The summed E-state index contributed by atoms with van der Waals surface area (Å²) < 4.78 is 3.21. The standard InChI is InChI=1S/C15H23BrN6S/c1-4-14-20-19-11-22(14)9-8-18-15(17-5-2)21(3)10-12-6-7-13(16)23-12/h6-7,11H,4-5,8-10H2,1-3H3,(H,17,18). The molecule has 2 aromatic rings. The largest absolute Gasteiger partial charge is 0.357 e. The Balaban J connectivity index is 1.96. The summed E-state index contributed by atoms with van der Waals surface area (Å²) in [6, 6.07) is 4.22. The molecule has 0 spiro atoms. The van der Waals surface area contributed by atoms with Crippen LogP contribution < -0.4 is 5.32 Å². The van der Waals surface area contributed by atoms with Gasteiger partial charge >= 0.3 is 0 Å². The summed E-state index contributed by atoms with van der Waals surface area (Å²) in [6.45, 7) is 7.36. The Morgan fingerprint density at radius 1 is 1.43 bits per heavy atom. The first kappa shape index (κ1) is 17.9. The molecule has 8 heteroatoms. The van der Waals surface area contributed by atoms with Crippen molar-refractivity contribution < 1.29 is 0 Å². The smallest absolute Gasteiger partial charge is 0.194 e. The van der Waals surface area contributed by atoms with E-state index in [2.05, 4.69) is 73.9 Å². The maximum Gasteiger partial charge on any atom is 0.194 e. The molecule has 0 saturated heterocycles. The second kappa shape index (κ2) is 9.02. The van der Waals surface area contributed by atoms with E-state index in [4.69, 9.17) is 4.99 Å². The van der Waals surface area contributed by atoms with Crippen molar-refractivity contribution in [1.29, 1.82) is 0 Å². The topological polar surface area (TPSA) is 58.3 Å². The molecule has 0 aliphatic heterocycles. The predicted molar refractivity (Wildman–Crippen MR) is 98.9 cm³/mol. The first-order valence-corrected chi connectivity index (χ1v) is 9.35. The molecule has 2 heterocycles. The van der Waals surface area contributed by atoms with Crippen LogP contribution in [-0.4, -0.2) is 45.8 Å². The lowest BCUT2D eigenvalue weighted by Gasteiger charge is -2.21. The van der Waals surface area contributed by atoms with Gasteiger partial charge in [-0.1, -0.05) is 6.92 Å². The minimum absolute atomic E-state index is 0.700. The maximum absolute atomic E-state index is 4.71. The lowest BCUT2D eigenvalue weighted by molar-refractivity contribution is 0.480. The Bertz CT molecular complexity index is 635. The first-order valence-electron chi connectivity index (χ1n) is 7.74. The Kier molecular flexibility index (Phi) is 7.04. The van der Waals surface area contributed by atoms with Crippen molar-refractivity contribution in [3.05, 3.63) is 32.9 Å². The van der Waals surface area contributed by atoms with Crippen molar-refractivity contribution in [1.82, 2.24) is 25.0 Å². The number of halogens is 1. The van der Waals surface area contributed by atoms with Crippen molar-refractivity contribution in [2.75, 3.05) is 20.1 Å². The van der Waals surface area contributed by atoms with Crippen molar-refractivity contribution in [2.45, 2.75) is 33.4 Å².